The molecule has 0 saturated heterocycles. The quantitative estimate of drug-likeness (QED) is 0.433. The Morgan fingerprint density at radius 2 is 2.14 bits per heavy atom. The highest BCUT2D eigenvalue weighted by Gasteiger charge is 2.33. The van der Waals surface area contributed by atoms with Gasteiger partial charge in [0.15, 0.2) is 5.96 Å². The van der Waals surface area contributed by atoms with Crippen LogP contribution in [-0.4, -0.2) is 25.3 Å². The average molecular weight is 423 g/mol. The topological polar surface area (TPSA) is 36.4 Å². The molecule has 6 heteroatoms. The van der Waals surface area contributed by atoms with Crippen LogP contribution in [0.3, 0.4) is 0 Å². The fraction of sp³-hybridized carbons (Fsp3) is 0.533. The summed E-state index contributed by atoms with van der Waals surface area (Å²) in [6.07, 6.45) is 3.23. The summed E-state index contributed by atoms with van der Waals surface area (Å²) in [5.74, 6) is 2.19. The van der Waals surface area contributed by atoms with E-state index in [2.05, 4.69) is 22.5 Å². The third kappa shape index (κ3) is 5.65. The van der Waals surface area contributed by atoms with Crippen LogP contribution in [0, 0.1) is 11.7 Å². The van der Waals surface area contributed by atoms with Crippen molar-refractivity contribution in [3.63, 3.8) is 0 Å². The van der Waals surface area contributed by atoms with Crippen LogP contribution < -0.4 is 10.6 Å². The number of halogens is 2. The van der Waals surface area contributed by atoms with E-state index in [1.54, 1.807) is 24.9 Å². The standard InChI is InChI=1S/C15H22FN3S.HI/c1-10-6-14(10)19-15(17-2)18-8-11-4-5-13(16)7-12(11)9-20-3;/h4-5,7,10,14H,6,8-9H2,1-3H3,(H2,17,18,19);1H. The van der Waals surface area contributed by atoms with E-state index in [0.29, 0.717) is 12.6 Å². The molecular weight excluding hydrogens is 400 g/mol. The highest BCUT2D eigenvalue weighted by molar-refractivity contribution is 14.0. The van der Waals surface area contributed by atoms with Gasteiger partial charge in [0.25, 0.3) is 0 Å². The van der Waals surface area contributed by atoms with Crippen molar-refractivity contribution in [3.05, 3.63) is 35.1 Å². The lowest BCUT2D eigenvalue weighted by molar-refractivity contribution is 0.625. The number of benzene rings is 1. The van der Waals surface area contributed by atoms with E-state index in [4.69, 9.17) is 0 Å². The van der Waals surface area contributed by atoms with Crippen LogP contribution in [0.2, 0.25) is 0 Å². The Hall–Kier alpha value is -0.500. The zero-order valence-corrected chi connectivity index (χ0v) is 15.8. The van der Waals surface area contributed by atoms with E-state index in [-0.39, 0.29) is 29.8 Å². The summed E-state index contributed by atoms with van der Waals surface area (Å²) in [5, 5.41) is 6.69. The van der Waals surface area contributed by atoms with Gasteiger partial charge in [-0.1, -0.05) is 13.0 Å². The van der Waals surface area contributed by atoms with Crippen molar-refractivity contribution in [1.82, 2.24) is 10.6 Å². The van der Waals surface area contributed by atoms with Crippen LogP contribution in [0.25, 0.3) is 0 Å². The molecule has 2 unspecified atom stereocenters. The number of nitrogens with zero attached hydrogens (tertiary/aromatic N) is 1. The average Bonchev–Trinajstić information content (AvgIpc) is 3.12. The molecule has 0 radical (unpaired) electrons. The van der Waals surface area contributed by atoms with E-state index in [1.807, 2.05) is 12.3 Å². The molecule has 1 aliphatic carbocycles. The Kier molecular flexibility index (Phi) is 7.79. The number of rotatable bonds is 5. The maximum Gasteiger partial charge on any atom is 0.191 e. The van der Waals surface area contributed by atoms with Crippen molar-refractivity contribution in [2.75, 3.05) is 13.3 Å². The summed E-state index contributed by atoms with van der Waals surface area (Å²) >= 11 is 1.70. The number of nitrogens with one attached hydrogen (secondary N) is 2. The second kappa shape index (κ2) is 8.82. The van der Waals surface area contributed by atoms with Gasteiger partial charge in [0.05, 0.1) is 0 Å². The van der Waals surface area contributed by atoms with Crippen LogP contribution in [0.5, 0.6) is 0 Å². The molecular formula is C15H23FIN3S. The number of guanidine groups is 1. The lowest BCUT2D eigenvalue weighted by Gasteiger charge is -2.14. The maximum absolute atomic E-state index is 13.3. The molecule has 1 aromatic rings. The maximum atomic E-state index is 13.3. The van der Waals surface area contributed by atoms with Crippen LogP contribution in [-0.2, 0) is 12.3 Å². The lowest BCUT2D eigenvalue weighted by Crippen LogP contribution is -2.38. The lowest BCUT2D eigenvalue weighted by atomic mass is 10.1. The number of aliphatic imine (C=N–C) groups is 1. The van der Waals surface area contributed by atoms with Gasteiger partial charge in [0.1, 0.15) is 5.82 Å². The molecule has 0 spiro atoms. The van der Waals surface area contributed by atoms with E-state index in [9.17, 15) is 4.39 Å². The third-order valence-electron chi connectivity index (χ3n) is 3.57. The first-order valence-corrected chi connectivity index (χ1v) is 8.27. The molecule has 0 bridgehead atoms. The fourth-order valence-corrected chi connectivity index (χ4v) is 2.71. The van der Waals surface area contributed by atoms with Gasteiger partial charge in [-0.25, -0.2) is 4.39 Å². The number of thioether (sulfide) groups is 1. The number of hydrogen-bond donors (Lipinski definition) is 2. The molecule has 2 N–H and O–H groups in total. The van der Waals surface area contributed by atoms with E-state index < -0.39 is 0 Å². The Labute approximate surface area is 147 Å². The van der Waals surface area contributed by atoms with Crippen molar-refractivity contribution < 1.29 is 4.39 Å². The molecule has 2 atom stereocenters. The van der Waals surface area contributed by atoms with Crippen LogP contribution in [0.15, 0.2) is 23.2 Å². The molecule has 1 fully saturated rings. The van der Waals surface area contributed by atoms with Crippen LogP contribution >= 0.6 is 35.7 Å². The Morgan fingerprint density at radius 1 is 1.43 bits per heavy atom. The Bertz CT molecular complexity index is 496. The molecule has 0 aliphatic heterocycles. The summed E-state index contributed by atoms with van der Waals surface area (Å²) < 4.78 is 13.3. The second-order valence-corrected chi connectivity index (χ2v) is 6.10. The van der Waals surface area contributed by atoms with Crippen molar-refractivity contribution >= 4 is 41.7 Å². The van der Waals surface area contributed by atoms with Gasteiger partial charge in [0.2, 0.25) is 0 Å². The van der Waals surface area contributed by atoms with Gasteiger partial charge in [0, 0.05) is 25.4 Å². The highest BCUT2D eigenvalue weighted by atomic mass is 127. The Morgan fingerprint density at radius 3 is 2.71 bits per heavy atom. The minimum atomic E-state index is -0.174. The first kappa shape index (κ1) is 18.5. The SMILES string of the molecule is CN=C(NCc1ccc(F)cc1CSC)NC1CC1C.I. The second-order valence-electron chi connectivity index (χ2n) is 5.24. The smallest absolute Gasteiger partial charge is 0.191 e. The monoisotopic (exact) mass is 423 g/mol. The molecule has 21 heavy (non-hydrogen) atoms. The van der Waals surface area contributed by atoms with E-state index in [0.717, 1.165) is 28.8 Å². The van der Waals surface area contributed by atoms with E-state index >= 15 is 0 Å². The summed E-state index contributed by atoms with van der Waals surface area (Å²) in [4.78, 5) is 4.23. The normalized spacial score (nSPS) is 20.7. The van der Waals surface area contributed by atoms with Gasteiger partial charge < -0.3 is 10.6 Å². The largest absolute Gasteiger partial charge is 0.353 e. The van der Waals surface area contributed by atoms with Crippen molar-refractivity contribution in [1.29, 1.82) is 0 Å². The minimum Gasteiger partial charge on any atom is -0.353 e. The van der Waals surface area contributed by atoms with Gasteiger partial charge in [-0.15, -0.1) is 24.0 Å². The molecule has 0 heterocycles. The van der Waals surface area contributed by atoms with Gasteiger partial charge in [-0.05, 0) is 41.9 Å². The summed E-state index contributed by atoms with van der Waals surface area (Å²) in [7, 11) is 1.77. The van der Waals surface area contributed by atoms with Crippen molar-refractivity contribution in [3.8, 4) is 0 Å². The fourth-order valence-electron chi connectivity index (χ4n) is 2.13. The minimum absolute atomic E-state index is 0. The summed E-state index contributed by atoms with van der Waals surface area (Å²) in [6.45, 7) is 2.89. The number of hydrogen-bond acceptors (Lipinski definition) is 2. The molecule has 3 nitrogen and oxygen atoms in total. The predicted molar refractivity (Wildman–Crippen MR) is 99.9 cm³/mol. The summed E-state index contributed by atoms with van der Waals surface area (Å²) in [5.41, 5.74) is 2.16. The molecule has 2 rings (SSSR count). The van der Waals surface area contributed by atoms with Crippen LogP contribution in [0.4, 0.5) is 4.39 Å². The van der Waals surface area contributed by atoms with Crippen molar-refractivity contribution in [2.45, 2.75) is 31.7 Å². The first-order valence-electron chi connectivity index (χ1n) is 6.87. The first-order chi connectivity index (χ1) is 9.63. The Balaban J connectivity index is 0.00000220. The van der Waals surface area contributed by atoms with Gasteiger partial charge >= 0.3 is 0 Å². The molecule has 0 aromatic heterocycles. The molecule has 118 valence electrons. The molecule has 0 amide bonds. The molecule has 1 aromatic carbocycles. The van der Waals surface area contributed by atoms with Gasteiger partial charge in [-0.2, -0.15) is 11.8 Å². The van der Waals surface area contributed by atoms with E-state index in [1.165, 1.54) is 12.5 Å². The summed E-state index contributed by atoms with van der Waals surface area (Å²) in [6, 6.07) is 5.52. The third-order valence-corrected chi connectivity index (χ3v) is 4.17. The molecule has 1 aliphatic rings. The molecule has 1 saturated carbocycles. The van der Waals surface area contributed by atoms with Gasteiger partial charge in [-0.3, -0.25) is 4.99 Å². The zero-order chi connectivity index (χ0) is 14.5. The van der Waals surface area contributed by atoms with Crippen molar-refractivity contribution in [2.24, 2.45) is 10.9 Å². The highest BCUT2D eigenvalue weighted by Crippen LogP contribution is 2.28. The zero-order valence-electron chi connectivity index (χ0n) is 12.6. The predicted octanol–water partition coefficient (Wildman–Crippen LogP) is 3.38. The van der Waals surface area contributed by atoms with Crippen LogP contribution in [0.1, 0.15) is 24.5 Å².